The van der Waals surface area contributed by atoms with Crippen molar-refractivity contribution in [1.82, 2.24) is 5.32 Å². The van der Waals surface area contributed by atoms with Crippen LogP contribution in [0.4, 0.5) is 0 Å². The third-order valence-corrected chi connectivity index (χ3v) is 7.67. The molecule has 0 fully saturated rings. The van der Waals surface area contributed by atoms with Gasteiger partial charge in [-0.3, -0.25) is 4.79 Å². The van der Waals surface area contributed by atoms with Gasteiger partial charge < -0.3 is 19.5 Å². The van der Waals surface area contributed by atoms with E-state index in [1.807, 2.05) is 69.5 Å². The Morgan fingerprint density at radius 3 is 2.32 bits per heavy atom. The average Bonchev–Trinajstić information content (AvgIpc) is 2.90. The average molecular weight is 522 g/mol. The molecule has 1 aliphatic carbocycles. The summed E-state index contributed by atoms with van der Waals surface area (Å²) < 4.78 is 16.5. The van der Waals surface area contributed by atoms with Crippen LogP contribution in [0.5, 0.6) is 11.5 Å². The highest BCUT2D eigenvalue weighted by atomic mass is 32.2. The lowest BCUT2D eigenvalue weighted by molar-refractivity contribution is -0.140. The molecule has 2 aliphatic rings. The summed E-state index contributed by atoms with van der Waals surface area (Å²) in [5.74, 6) is 0.691. The molecule has 0 bridgehead atoms. The molecule has 37 heavy (non-hydrogen) atoms. The van der Waals surface area contributed by atoms with Crippen LogP contribution in [0, 0.1) is 5.92 Å². The van der Waals surface area contributed by atoms with Gasteiger partial charge in [0.15, 0.2) is 17.3 Å². The minimum atomic E-state index is -0.467. The number of ether oxygens (including phenoxy) is 3. The van der Waals surface area contributed by atoms with Crippen LogP contribution >= 0.6 is 11.8 Å². The fraction of sp³-hybridized carbons (Fsp3) is 0.400. The zero-order chi connectivity index (χ0) is 26.7. The molecule has 0 aromatic heterocycles. The number of carbonyl (C=O) groups excluding carboxylic acids is 2. The van der Waals surface area contributed by atoms with Crippen molar-refractivity contribution in [2.45, 2.75) is 50.3 Å². The number of esters is 1. The topological polar surface area (TPSA) is 73.9 Å². The van der Waals surface area contributed by atoms with E-state index in [0.717, 1.165) is 27.4 Å². The minimum Gasteiger partial charge on any atom is -0.493 e. The molecule has 1 heterocycles. The molecule has 0 amide bonds. The molecule has 0 saturated carbocycles. The summed E-state index contributed by atoms with van der Waals surface area (Å²) in [5.41, 5.74) is 4.70. The molecule has 1 aliphatic heterocycles. The Hall–Kier alpha value is -3.19. The summed E-state index contributed by atoms with van der Waals surface area (Å²) in [4.78, 5) is 28.3. The number of dihydropyridines is 1. The number of hydrogen-bond acceptors (Lipinski definition) is 7. The maximum absolute atomic E-state index is 13.8. The molecular formula is C30H35NO5S. The second-order valence-corrected chi connectivity index (χ2v) is 10.8. The lowest BCUT2D eigenvalue weighted by atomic mass is 9.71. The third kappa shape index (κ3) is 5.57. The number of allylic oxidation sites excluding steroid dienone is 3. The van der Waals surface area contributed by atoms with E-state index in [1.54, 1.807) is 26.0 Å². The van der Waals surface area contributed by atoms with E-state index in [-0.39, 0.29) is 23.6 Å². The smallest absolute Gasteiger partial charge is 0.336 e. The summed E-state index contributed by atoms with van der Waals surface area (Å²) in [6.07, 6.45) is 3.03. The predicted molar refractivity (Wildman–Crippen MR) is 146 cm³/mol. The second-order valence-electron chi connectivity index (χ2n) is 9.90. The van der Waals surface area contributed by atoms with Gasteiger partial charge in [-0.15, -0.1) is 11.8 Å². The lowest BCUT2D eigenvalue weighted by Gasteiger charge is -2.37. The maximum atomic E-state index is 13.8. The summed E-state index contributed by atoms with van der Waals surface area (Å²) in [6.45, 7) is 6.23. The van der Waals surface area contributed by atoms with Crippen LogP contribution in [-0.2, 0) is 14.3 Å². The first-order valence-electron chi connectivity index (χ1n) is 12.5. The number of Topliss-reactive ketones (excluding diaryl/α,β-unsaturated/α-hetero) is 1. The summed E-state index contributed by atoms with van der Waals surface area (Å²) in [7, 11) is 3.22. The quantitative estimate of drug-likeness (QED) is 0.338. The van der Waals surface area contributed by atoms with Gasteiger partial charge in [0.2, 0.25) is 0 Å². The highest BCUT2D eigenvalue weighted by Crippen LogP contribution is 2.46. The van der Waals surface area contributed by atoms with Crippen molar-refractivity contribution in [3.63, 3.8) is 0 Å². The van der Waals surface area contributed by atoms with Gasteiger partial charge in [0.05, 0.1) is 26.4 Å². The van der Waals surface area contributed by atoms with Gasteiger partial charge in [0.25, 0.3) is 0 Å². The molecule has 0 saturated heterocycles. The van der Waals surface area contributed by atoms with E-state index in [1.165, 1.54) is 0 Å². The Bertz CT molecular complexity index is 1250. The van der Waals surface area contributed by atoms with Crippen LogP contribution in [-0.4, -0.2) is 38.8 Å². The molecule has 2 aromatic carbocycles. The summed E-state index contributed by atoms with van der Waals surface area (Å²) in [5, 5.41) is 3.42. The van der Waals surface area contributed by atoms with Crippen molar-refractivity contribution in [2.24, 2.45) is 5.92 Å². The number of hydrogen-bond donors (Lipinski definition) is 1. The van der Waals surface area contributed by atoms with Crippen molar-refractivity contribution in [1.29, 1.82) is 0 Å². The van der Waals surface area contributed by atoms with E-state index >= 15 is 0 Å². The van der Waals surface area contributed by atoms with Crippen LogP contribution in [0.25, 0.3) is 0 Å². The van der Waals surface area contributed by atoms with E-state index in [0.29, 0.717) is 42.1 Å². The Labute approximate surface area is 223 Å². The van der Waals surface area contributed by atoms with Crippen molar-refractivity contribution >= 4 is 23.5 Å². The first-order valence-corrected chi connectivity index (χ1v) is 13.8. The molecule has 1 N–H and O–H groups in total. The molecular weight excluding hydrogens is 486 g/mol. The SMILES string of the molecule is COc1ccc([C@H]2CC(=O)C3=C(C2)NC(C)=C(C(=O)OCC(C)C)[C@H]3c2ccc(SC)cc2)cc1OC. The largest absolute Gasteiger partial charge is 0.493 e. The predicted octanol–water partition coefficient (Wildman–Crippen LogP) is 5.99. The highest BCUT2D eigenvalue weighted by molar-refractivity contribution is 7.98. The van der Waals surface area contributed by atoms with Crippen LogP contribution in [0.15, 0.2) is 69.9 Å². The second kappa shape index (κ2) is 11.5. The Kier molecular flexibility index (Phi) is 8.32. The monoisotopic (exact) mass is 521 g/mol. The van der Waals surface area contributed by atoms with E-state index < -0.39 is 5.92 Å². The first-order chi connectivity index (χ1) is 17.8. The van der Waals surface area contributed by atoms with Gasteiger partial charge in [-0.1, -0.05) is 32.0 Å². The van der Waals surface area contributed by atoms with Crippen molar-refractivity contribution in [3.05, 3.63) is 76.1 Å². The molecule has 6 nitrogen and oxygen atoms in total. The molecule has 2 atom stereocenters. The standard InChI is InChI=1S/C30H35NO5S/c1-17(2)16-36-30(33)27-18(3)31-23-13-21(20-9-12-25(34-4)26(15-20)35-5)14-24(32)29(23)28(27)19-7-10-22(37-6)11-8-19/h7-12,15,17,21,28,31H,13-14,16H2,1-6H3/t21-,28-/m1/s1. The zero-order valence-electron chi connectivity index (χ0n) is 22.3. The van der Waals surface area contributed by atoms with Crippen molar-refractivity contribution < 1.29 is 23.8 Å². The number of rotatable bonds is 8. The van der Waals surface area contributed by atoms with Gasteiger partial charge in [-0.05, 0) is 66.8 Å². The zero-order valence-corrected chi connectivity index (χ0v) is 23.2. The molecule has 196 valence electrons. The number of ketones is 1. The highest BCUT2D eigenvalue weighted by Gasteiger charge is 2.41. The first kappa shape index (κ1) is 26.9. The minimum absolute atomic E-state index is 0.0136. The van der Waals surface area contributed by atoms with E-state index in [9.17, 15) is 9.59 Å². The van der Waals surface area contributed by atoms with Crippen LogP contribution in [0.1, 0.15) is 56.6 Å². The van der Waals surface area contributed by atoms with Gasteiger partial charge in [-0.25, -0.2) is 4.79 Å². The van der Waals surface area contributed by atoms with E-state index in [2.05, 4.69) is 5.32 Å². The number of thioether (sulfide) groups is 1. The van der Waals surface area contributed by atoms with Crippen molar-refractivity contribution in [3.8, 4) is 11.5 Å². The fourth-order valence-electron chi connectivity index (χ4n) is 5.10. The van der Waals surface area contributed by atoms with E-state index in [4.69, 9.17) is 14.2 Å². The Morgan fingerprint density at radius 1 is 1.03 bits per heavy atom. The van der Waals surface area contributed by atoms with Crippen LogP contribution < -0.4 is 14.8 Å². The van der Waals surface area contributed by atoms with Gasteiger partial charge in [0, 0.05) is 34.2 Å². The molecule has 7 heteroatoms. The number of nitrogens with one attached hydrogen (secondary N) is 1. The number of benzene rings is 2. The number of carbonyl (C=O) groups is 2. The van der Waals surface area contributed by atoms with Gasteiger partial charge in [0.1, 0.15) is 0 Å². The fourth-order valence-corrected chi connectivity index (χ4v) is 5.51. The maximum Gasteiger partial charge on any atom is 0.336 e. The number of methoxy groups -OCH3 is 2. The Balaban J connectivity index is 1.75. The third-order valence-electron chi connectivity index (χ3n) is 6.92. The summed E-state index contributed by atoms with van der Waals surface area (Å²) in [6, 6.07) is 13.9. The molecule has 0 spiro atoms. The van der Waals surface area contributed by atoms with Crippen LogP contribution in [0.2, 0.25) is 0 Å². The molecule has 0 radical (unpaired) electrons. The molecule has 4 rings (SSSR count). The molecule has 0 unspecified atom stereocenters. The van der Waals surface area contributed by atoms with Crippen molar-refractivity contribution in [2.75, 3.05) is 27.1 Å². The van der Waals surface area contributed by atoms with Gasteiger partial charge >= 0.3 is 5.97 Å². The Morgan fingerprint density at radius 2 is 1.70 bits per heavy atom. The summed E-state index contributed by atoms with van der Waals surface area (Å²) >= 11 is 1.66. The lowest BCUT2D eigenvalue weighted by Crippen LogP contribution is -2.36. The van der Waals surface area contributed by atoms with Gasteiger partial charge in [-0.2, -0.15) is 0 Å². The molecule has 2 aromatic rings. The van der Waals surface area contributed by atoms with Crippen LogP contribution in [0.3, 0.4) is 0 Å². The normalized spacial score (nSPS) is 19.5.